The predicted octanol–water partition coefficient (Wildman–Crippen LogP) is -1.31. The van der Waals surface area contributed by atoms with Crippen molar-refractivity contribution in [3.63, 3.8) is 0 Å². The first-order valence-corrected chi connectivity index (χ1v) is 3.00. The second-order valence-corrected chi connectivity index (χ2v) is 2.33. The molecule has 3 atom stereocenters. The first-order chi connectivity index (χ1) is 5.00. The Morgan fingerprint density at radius 1 is 1.23 bits per heavy atom. The van der Waals surface area contributed by atoms with Crippen LogP contribution < -0.4 is 0 Å². The summed E-state index contributed by atoms with van der Waals surface area (Å²) in [6, 6.07) is 0. The summed E-state index contributed by atoms with van der Waals surface area (Å²) in [6.07, 6.45) is -5.86. The van der Waals surface area contributed by atoms with Crippen LogP contribution in [0.5, 0.6) is 0 Å². The van der Waals surface area contributed by atoms with Crippen molar-refractivity contribution < 1.29 is 94.3 Å². The molecule has 0 aromatic carbocycles. The SMILES string of the molecule is OCC1OC(O)C(F)(F)C1O.[Y].[Y]. The Balaban J connectivity index is 0. The predicted molar refractivity (Wildman–Crippen MR) is 28.9 cm³/mol. The number of alkyl halides is 2. The Bertz CT molecular complexity index is 159. The molecule has 1 rings (SSSR count). The van der Waals surface area contributed by atoms with Crippen molar-refractivity contribution in [1.82, 2.24) is 0 Å². The molecule has 3 N–H and O–H groups in total. The van der Waals surface area contributed by atoms with Crippen molar-refractivity contribution in [2.24, 2.45) is 0 Å². The summed E-state index contributed by atoms with van der Waals surface area (Å²) in [4.78, 5) is 0. The molecule has 8 heteroatoms. The van der Waals surface area contributed by atoms with Crippen LogP contribution in [0.1, 0.15) is 0 Å². The van der Waals surface area contributed by atoms with Crippen molar-refractivity contribution in [2.45, 2.75) is 24.4 Å². The van der Waals surface area contributed by atoms with Crippen LogP contribution in [0.4, 0.5) is 8.78 Å². The molecule has 0 saturated carbocycles. The van der Waals surface area contributed by atoms with E-state index in [1.54, 1.807) is 0 Å². The van der Waals surface area contributed by atoms with E-state index in [0.29, 0.717) is 0 Å². The molecule has 0 aromatic heterocycles. The number of hydrogen-bond donors (Lipinski definition) is 3. The molecule has 4 nitrogen and oxygen atoms in total. The van der Waals surface area contributed by atoms with E-state index in [0.717, 1.165) is 0 Å². The zero-order valence-corrected chi connectivity index (χ0v) is 12.3. The number of aliphatic hydroxyl groups excluding tert-OH is 3. The molecule has 0 spiro atoms. The number of hydrogen-bond acceptors (Lipinski definition) is 4. The molecular weight excluding hydrogens is 340 g/mol. The fourth-order valence-electron chi connectivity index (χ4n) is 0.868. The smallest absolute Gasteiger partial charge is 0.325 e. The zero-order valence-electron chi connectivity index (χ0n) is 6.60. The standard InChI is InChI=1S/C5H8F2O4.2Y/c6-5(7)3(9)2(1-8)11-4(5)10;;/h2-4,8-10H,1H2;;. The summed E-state index contributed by atoms with van der Waals surface area (Å²) in [5, 5.41) is 25.5. The Hall–Kier alpha value is 1.91. The molecule has 0 aliphatic carbocycles. The van der Waals surface area contributed by atoms with Crippen molar-refractivity contribution in [3.8, 4) is 0 Å². The Morgan fingerprint density at radius 3 is 1.85 bits per heavy atom. The molecule has 1 aliphatic rings. The molecule has 2 radical (unpaired) electrons. The summed E-state index contributed by atoms with van der Waals surface area (Å²) in [5.74, 6) is -3.69. The molecule has 1 saturated heterocycles. The van der Waals surface area contributed by atoms with Gasteiger partial charge in [0.1, 0.15) is 6.10 Å². The normalized spacial score (nSPS) is 36.2. The van der Waals surface area contributed by atoms with Gasteiger partial charge >= 0.3 is 5.92 Å². The van der Waals surface area contributed by atoms with Gasteiger partial charge in [0.2, 0.25) is 6.29 Å². The topological polar surface area (TPSA) is 69.9 Å². The first-order valence-electron chi connectivity index (χ1n) is 3.00. The minimum absolute atomic E-state index is 0. The first kappa shape index (κ1) is 17.3. The second kappa shape index (κ2) is 6.48. The molecule has 3 unspecified atom stereocenters. The van der Waals surface area contributed by atoms with E-state index in [1.807, 2.05) is 0 Å². The number of halogens is 2. The fraction of sp³-hybridized carbons (Fsp3) is 1.00. The van der Waals surface area contributed by atoms with Gasteiger partial charge in [-0.1, -0.05) is 0 Å². The van der Waals surface area contributed by atoms with E-state index >= 15 is 0 Å². The van der Waals surface area contributed by atoms with Crippen LogP contribution in [0.3, 0.4) is 0 Å². The van der Waals surface area contributed by atoms with Crippen LogP contribution in [0.2, 0.25) is 0 Å². The summed E-state index contributed by atoms with van der Waals surface area (Å²) in [7, 11) is 0. The van der Waals surface area contributed by atoms with Gasteiger partial charge < -0.3 is 20.1 Å². The van der Waals surface area contributed by atoms with Gasteiger partial charge in [-0.05, 0) is 0 Å². The van der Waals surface area contributed by atoms with E-state index in [2.05, 4.69) is 4.74 Å². The van der Waals surface area contributed by atoms with Crippen molar-refractivity contribution in [1.29, 1.82) is 0 Å². The number of aliphatic hydroxyl groups is 3. The molecule has 0 amide bonds. The molecule has 0 aromatic rings. The van der Waals surface area contributed by atoms with Gasteiger partial charge in [0, 0.05) is 65.4 Å². The van der Waals surface area contributed by atoms with E-state index in [1.165, 1.54) is 0 Å². The minimum atomic E-state index is -3.69. The monoisotopic (exact) mass is 348 g/mol. The molecule has 1 fully saturated rings. The van der Waals surface area contributed by atoms with Gasteiger partial charge in [0.15, 0.2) is 6.10 Å². The average Bonchev–Trinajstić information content (AvgIpc) is 2.14. The van der Waals surface area contributed by atoms with Gasteiger partial charge in [0.25, 0.3) is 0 Å². The molecule has 72 valence electrons. The molecular formula is C5H8F2O4Y2. The Labute approximate surface area is 124 Å². The van der Waals surface area contributed by atoms with Gasteiger partial charge in [-0.3, -0.25) is 0 Å². The largest absolute Gasteiger partial charge is 0.394 e. The fourth-order valence-corrected chi connectivity index (χ4v) is 0.868. The maximum Gasteiger partial charge on any atom is 0.325 e. The van der Waals surface area contributed by atoms with Gasteiger partial charge in [-0.15, -0.1) is 0 Å². The molecule has 1 heterocycles. The van der Waals surface area contributed by atoms with Crippen LogP contribution in [0, 0.1) is 0 Å². The summed E-state index contributed by atoms with van der Waals surface area (Å²) in [6.45, 7) is -0.742. The maximum atomic E-state index is 12.4. The second-order valence-electron chi connectivity index (χ2n) is 2.33. The Morgan fingerprint density at radius 2 is 1.69 bits per heavy atom. The summed E-state index contributed by atoms with van der Waals surface area (Å²) < 4.78 is 29.0. The third-order valence-electron chi connectivity index (χ3n) is 1.56. The van der Waals surface area contributed by atoms with Crippen LogP contribution in [-0.2, 0) is 70.2 Å². The van der Waals surface area contributed by atoms with Gasteiger partial charge in [-0.25, -0.2) is 0 Å². The van der Waals surface area contributed by atoms with Crippen molar-refractivity contribution in [2.75, 3.05) is 6.61 Å². The van der Waals surface area contributed by atoms with E-state index in [4.69, 9.17) is 15.3 Å². The number of rotatable bonds is 1. The third kappa shape index (κ3) is 3.45. The quantitative estimate of drug-likeness (QED) is 0.551. The Kier molecular flexibility index (Phi) is 8.63. The zero-order chi connectivity index (χ0) is 8.65. The third-order valence-corrected chi connectivity index (χ3v) is 1.56. The van der Waals surface area contributed by atoms with Gasteiger partial charge in [0.05, 0.1) is 6.61 Å². The maximum absolute atomic E-state index is 12.4. The van der Waals surface area contributed by atoms with Crippen molar-refractivity contribution in [3.05, 3.63) is 0 Å². The summed E-state index contributed by atoms with van der Waals surface area (Å²) in [5.41, 5.74) is 0. The van der Waals surface area contributed by atoms with Crippen LogP contribution in [0.15, 0.2) is 0 Å². The molecule has 13 heavy (non-hydrogen) atoms. The minimum Gasteiger partial charge on any atom is -0.394 e. The molecule has 1 aliphatic heterocycles. The summed E-state index contributed by atoms with van der Waals surface area (Å²) >= 11 is 0. The average molecular weight is 348 g/mol. The van der Waals surface area contributed by atoms with Crippen molar-refractivity contribution >= 4 is 0 Å². The van der Waals surface area contributed by atoms with Gasteiger partial charge in [-0.2, -0.15) is 8.78 Å². The van der Waals surface area contributed by atoms with E-state index in [9.17, 15) is 8.78 Å². The molecule has 0 bridgehead atoms. The van der Waals surface area contributed by atoms with Crippen LogP contribution in [0.25, 0.3) is 0 Å². The van der Waals surface area contributed by atoms with Crippen LogP contribution >= 0.6 is 0 Å². The van der Waals surface area contributed by atoms with Crippen LogP contribution in [-0.4, -0.2) is 46.3 Å². The van der Waals surface area contributed by atoms with E-state index < -0.39 is 31.0 Å². The van der Waals surface area contributed by atoms with E-state index in [-0.39, 0.29) is 65.4 Å². The number of ether oxygens (including phenoxy) is 1.